The maximum atomic E-state index is 9.10. The lowest BCUT2D eigenvalue weighted by Crippen LogP contribution is -2.35. The summed E-state index contributed by atoms with van der Waals surface area (Å²) < 4.78 is 0. The van der Waals surface area contributed by atoms with Crippen LogP contribution < -0.4 is 4.90 Å². The normalized spacial score (nSPS) is 17.2. The summed E-state index contributed by atoms with van der Waals surface area (Å²) in [7, 11) is 0. The highest BCUT2D eigenvalue weighted by Crippen LogP contribution is 2.29. The quantitative estimate of drug-likeness (QED) is 0.855. The van der Waals surface area contributed by atoms with Crippen molar-refractivity contribution in [3.8, 4) is 0 Å². The third-order valence-electron chi connectivity index (χ3n) is 2.96. The molecule has 0 unspecified atom stereocenters. The van der Waals surface area contributed by atoms with Gasteiger partial charge in [-0.05, 0) is 19.8 Å². The summed E-state index contributed by atoms with van der Waals surface area (Å²) in [4.78, 5) is 6.79. The van der Waals surface area contributed by atoms with E-state index in [0.29, 0.717) is 6.04 Å². The molecule has 0 aliphatic heterocycles. The Hall–Kier alpha value is -0.610. The van der Waals surface area contributed by atoms with Gasteiger partial charge in [-0.2, -0.15) is 0 Å². The van der Waals surface area contributed by atoms with E-state index in [1.807, 2.05) is 6.92 Å². The maximum absolute atomic E-state index is 9.10. The van der Waals surface area contributed by atoms with Gasteiger partial charge in [-0.3, -0.25) is 0 Å². The molecule has 0 spiro atoms. The van der Waals surface area contributed by atoms with Gasteiger partial charge >= 0.3 is 0 Å². The van der Waals surface area contributed by atoms with Gasteiger partial charge in [-0.15, -0.1) is 11.3 Å². The van der Waals surface area contributed by atoms with Crippen molar-refractivity contribution in [1.29, 1.82) is 0 Å². The van der Waals surface area contributed by atoms with Crippen LogP contribution in [0.25, 0.3) is 0 Å². The molecule has 4 heteroatoms. The molecule has 1 saturated carbocycles. The van der Waals surface area contributed by atoms with Crippen molar-refractivity contribution in [3.63, 3.8) is 0 Å². The molecule has 0 aromatic carbocycles. The first kappa shape index (κ1) is 10.9. The van der Waals surface area contributed by atoms with Gasteiger partial charge in [-0.1, -0.05) is 12.8 Å². The fourth-order valence-corrected chi connectivity index (χ4v) is 3.13. The smallest absolute Gasteiger partial charge is 0.185 e. The van der Waals surface area contributed by atoms with Crippen molar-refractivity contribution in [2.45, 2.75) is 38.6 Å². The fraction of sp³-hybridized carbons (Fsp3) is 0.727. The van der Waals surface area contributed by atoms with E-state index in [-0.39, 0.29) is 6.61 Å². The van der Waals surface area contributed by atoms with Crippen molar-refractivity contribution in [2.75, 3.05) is 18.1 Å². The SMILES string of the molecule is Cc1csc(N(CCO)C2CCCC2)n1. The Balaban J connectivity index is 2.11. The number of aryl methyl sites for hydroxylation is 1. The molecule has 1 aliphatic rings. The van der Waals surface area contributed by atoms with E-state index in [1.54, 1.807) is 11.3 Å². The first-order chi connectivity index (χ1) is 7.31. The van der Waals surface area contributed by atoms with Crippen molar-refractivity contribution in [1.82, 2.24) is 4.98 Å². The standard InChI is InChI=1S/C11H18N2OS/c1-9-8-15-11(12-9)13(6-7-14)10-4-2-3-5-10/h8,10,14H,2-7H2,1H3. The number of aromatic nitrogens is 1. The molecule has 0 saturated heterocycles. The number of anilines is 1. The Morgan fingerprint density at radius 1 is 1.53 bits per heavy atom. The zero-order valence-corrected chi connectivity index (χ0v) is 9.96. The van der Waals surface area contributed by atoms with Crippen LogP contribution in [0.2, 0.25) is 0 Å². The average Bonchev–Trinajstić information content (AvgIpc) is 2.85. The Morgan fingerprint density at radius 3 is 2.80 bits per heavy atom. The molecule has 1 fully saturated rings. The van der Waals surface area contributed by atoms with Gasteiger partial charge in [0.25, 0.3) is 0 Å². The maximum Gasteiger partial charge on any atom is 0.185 e. The molecule has 1 aromatic rings. The van der Waals surface area contributed by atoms with Gasteiger partial charge in [0.1, 0.15) is 0 Å². The zero-order chi connectivity index (χ0) is 10.7. The number of hydrogen-bond acceptors (Lipinski definition) is 4. The molecule has 1 aliphatic carbocycles. The third kappa shape index (κ3) is 2.49. The van der Waals surface area contributed by atoms with E-state index in [1.165, 1.54) is 25.7 Å². The van der Waals surface area contributed by atoms with Crippen LogP contribution in [0.4, 0.5) is 5.13 Å². The zero-order valence-electron chi connectivity index (χ0n) is 9.15. The van der Waals surface area contributed by atoms with Crippen LogP contribution in [0.1, 0.15) is 31.4 Å². The highest BCUT2D eigenvalue weighted by Gasteiger charge is 2.24. The first-order valence-electron chi connectivity index (χ1n) is 5.61. The number of rotatable bonds is 4. The van der Waals surface area contributed by atoms with Gasteiger partial charge in [0.2, 0.25) is 0 Å². The molecule has 1 N–H and O–H groups in total. The lowest BCUT2D eigenvalue weighted by atomic mass is 10.2. The molecule has 1 heterocycles. The van der Waals surface area contributed by atoms with E-state index in [2.05, 4.69) is 15.3 Å². The largest absolute Gasteiger partial charge is 0.395 e. The molecule has 1 aromatic heterocycles. The fourth-order valence-electron chi connectivity index (χ4n) is 2.23. The Kier molecular flexibility index (Phi) is 3.59. The lowest BCUT2D eigenvalue weighted by molar-refractivity contribution is 0.297. The molecule has 0 bridgehead atoms. The summed E-state index contributed by atoms with van der Waals surface area (Å²) >= 11 is 1.69. The molecule has 0 atom stereocenters. The predicted octanol–water partition coefficient (Wildman–Crippen LogP) is 2.19. The minimum atomic E-state index is 0.217. The number of thiazole rings is 1. The van der Waals surface area contributed by atoms with E-state index in [0.717, 1.165) is 17.4 Å². The number of aliphatic hydroxyl groups is 1. The minimum Gasteiger partial charge on any atom is -0.395 e. The first-order valence-corrected chi connectivity index (χ1v) is 6.49. The summed E-state index contributed by atoms with van der Waals surface area (Å²) in [5, 5.41) is 12.3. The van der Waals surface area contributed by atoms with Gasteiger partial charge in [0.15, 0.2) is 5.13 Å². The molecule has 0 amide bonds. The summed E-state index contributed by atoms with van der Waals surface area (Å²) in [6.07, 6.45) is 5.13. The predicted molar refractivity (Wildman–Crippen MR) is 63.5 cm³/mol. The number of aliphatic hydroxyl groups excluding tert-OH is 1. The second-order valence-corrected chi connectivity index (χ2v) is 4.96. The van der Waals surface area contributed by atoms with Crippen molar-refractivity contribution in [3.05, 3.63) is 11.1 Å². The van der Waals surface area contributed by atoms with Crippen molar-refractivity contribution >= 4 is 16.5 Å². The van der Waals surface area contributed by atoms with E-state index in [4.69, 9.17) is 5.11 Å². The van der Waals surface area contributed by atoms with Gasteiger partial charge < -0.3 is 10.0 Å². The summed E-state index contributed by atoms with van der Waals surface area (Å²) in [6, 6.07) is 0.600. The molecular formula is C11H18N2OS. The van der Waals surface area contributed by atoms with Crippen LogP contribution in [0.3, 0.4) is 0 Å². The van der Waals surface area contributed by atoms with E-state index >= 15 is 0 Å². The van der Waals surface area contributed by atoms with Crippen molar-refractivity contribution < 1.29 is 5.11 Å². The topological polar surface area (TPSA) is 36.4 Å². The second kappa shape index (κ2) is 4.94. The molecule has 2 rings (SSSR count). The molecular weight excluding hydrogens is 208 g/mol. The van der Waals surface area contributed by atoms with Crippen LogP contribution in [-0.4, -0.2) is 29.3 Å². The monoisotopic (exact) mass is 226 g/mol. The Bertz CT molecular complexity index is 307. The average molecular weight is 226 g/mol. The van der Waals surface area contributed by atoms with E-state index < -0.39 is 0 Å². The molecule has 15 heavy (non-hydrogen) atoms. The highest BCUT2D eigenvalue weighted by molar-refractivity contribution is 7.13. The van der Waals surface area contributed by atoms with E-state index in [9.17, 15) is 0 Å². The Labute approximate surface area is 94.8 Å². The summed E-state index contributed by atoms with van der Waals surface area (Å²) in [6.45, 7) is 2.96. The highest BCUT2D eigenvalue weighted by atomic mass is 32.1. The van der Waals surface area contributed by atoms with Crippen molar-refractivity contribution in [2.24, 2.45) is 0 Å². The minimum absolute atomic E-state index is 0.217. The van der Waals surface area contributed by atoms with Crippen LogP contribution in [0.5, 0.6) is 0 Å². The van der Waals surface area contributed by atoms with Crippen LogP contribution >= 0.6 is 11.3 Å². The molecule has 0 radical (unpaired) electrons. The third-order valence-corrected chi connectivity index (χ3v) is 3.95. The Morgan fingerprint density at radius 2 is 2.27 bits per heavy atom. The van der Waals surface area contributed by atoms with Crippen LogP contribution in [0.15, 0.2) is 5.38 Å². The summed E-state index contributed by atoms with van der Waals surface area (Å²) in [5.74, 6) is 0. The number of nitrogens with zero attached hydrogens (tertiary/aromatic N) is 2. The molecule has 84 valence electrons. The molecule has 3 nitrogen and oxygen atoms in total. The summed E-state index contributed by atoms with van der Waals surface area (Å²) in [5.41, 5.74) is 1.08. The van der Waals surface area contributed by atoms with Crippen LogP contribution in [0, 0.1) is 6.92 Å². The second-order valence-electron chi connectivity index (χ2n) is 4.13. The van der Waals surface area contributed by atoms with Gasteiger partial charge in [0.05, 0.1) is 12.3 Å². The van der Waals surface area contributed by atoms with Gasteiger partial charge in [-0.25, -0.2) is 4.98 Å². The lowest BCUT2D eigenvalue weighted by Gasteiger charge is -2.27. The van der Waals surface area contributed by atoms with Crippen LogP contribution in [-0.2, 0) is 0 Å². The number of hydrogen-bond donors (Lipinski definition) is 1. The van der Waals surface area contributed by atoms with Gasteiger partial charge in [0, 0.05) is 18.0 Å².